The van der Waals surface area contributed by atoms with Crippen LogP contribution in [0.15, 0.2) is 6.33 Å². The maximum atomic E-state index is 11.6. The molecule has 0 aromatic carbocycles. The van der Waals surface area contributed by atoms with Gasteiger partial charge in [-0.15, -0.1) is 20.4 Å². The average molecular weight is 273 g/mol. The normalized spacial score (nSPS) is 10.5. The highest BCUT2D eigenvalue weighted by molar-refractivity contribution is 7.17. The van der Waals surface area contributed by atoms with Gasteiger partial charge in [0.05, 0.1) is 6.54 Å². The van der Waals surface area contributed by atoms with Crippen molar-refractivity contribution in [2.45, 2.75) is 20.0 Å². The highest BCUT2D eigenvalue weighted by Gasteiger charge is 2.12. The standard InChI is InChI=1S/C8H9ClN6OS/c1-2-15-4-11-12-5(15)3-10-6(16)7-13-14-8(9)17-7/h4H,2-3H2,1H3,(H,10,16). The minimum atomic E-state index is -0.319. The molecule has 1 amide bonds. The zero-order valence-corrected chi connectivity index (χ0v) is 10.5. The molecule has 1 N–H and O–H groups in total. The predicted molar refractivity (Wildman–Crippen MR) is 61.8 cm³/mol. The summed E-state index contributed by atoms with van der Waals surface area (Å²) < 4.78 is 2.08. The van der Waals surface area contributed by atoms with Crippen LogP contribution in [0.25, 0.3) is 0 Å². The highest BCUT2D eigenvalue weighted by Crippen LogP contribution is 2.14. The number of aromatic nitrogens is 5. The van der Waals surface area contributed by atoms with Gasteiger partial charge in [-0.05, 0) is 18.5 Å². The van der Waals surface area contributed by atoms with Crippen LogP contribution in [0, 0.1) is 0 Å². The summed E-state index contributed by atoms with van der Waals surface area (Å²) in [6.07, 6.45) is 1.61. The summed E-state index contributed by atoms with van der Waals surface area (Å²) in [6, 6.07) is 0. The van der Waals surface area contributed by atoms with Crippen molar-refractivity contribution in [2.75, 3.05) is 0 Å². The predicted octanol–water partition coefficient (Wildman–Crippen LogP) is 0.733. The van der Waals surface area contributed by atoms with E-state index in [2.05, 4.69) is 25.7 Å². The minimum absolute atomic E-state index is 0.234. The number of halogens is 1. The molecule has 0 bridgehead atoms. The largest absolute Gasteiger partial charge is 0.343 e. The second-order valence-corrected chi connectivity index (χ2v) is 4.64. The van der Waals surface area contributed by atoms with Gasteiger partial charge in [-0.25, -0.2) is 0 Å². The third kappa shape index (κ3) is 2.77. The van der Waals surface area contributed by atoms with Gasteiger partial charge in [-0.3, -0.25) is 4.79 Å². The number of hydrogen-bond acceptors (Lipinski definition) is 6. The molecule has 0 aliphatic heterocycles. The molecule has 0 saturated heterocycles. The fourth-order valence-corrected chi connectivity index (χ4v) is 1.96. The third-order valence-corrected chi connectivity index (χ3v) is 3.06. The first-order chi connectivity index (χ1) is 8.20. The molecule has 7 nitrogen and oxygen atoms in total. The van der Waals surface area contributed by atoms with Crippen molar-refractivity contribution in [1.29, 1.82) is 0 Å². The molecule has 0 aliphatic carbocycles. The SMILES string of the molecule is CCn1cnnc1CNC(=O)c1nnc(Cl)s1. The molecule has 17 heavy (non-hydrogen) atoms. The molecule has 2 aromatic rings. The second kappa shape index (κ2) is 5.19. The Hall–Kier alpha value is -1.54. The number of nitrogens with one attached hydrogen (secondary N) is 1. The summed E-state index contributed by atoms with van der Waals surface area (Å²) in [5.74, 6) is 0.372. The van der Waals surface area contributed by atoms with Gasteiger partial charge in [-0.2, -0.15) is 0 Å². The Morgan fingerprint density at radius 1 is 1.53 bits per heavy atom. The Bertz CT molecular complexity index is 524. The summed E-state index contributed by atoms with van der Waals surface area (Å²) in [5.41, 5.74) is 0. The zero-order valence-electron chi connectivity index (χ0n) is 8.92. The molecule has 0 saturated carbocycles. The summed E-state index contributed by atoms with van der Waals surface area (Å²) in [6.45, 7) is 3.02. The van der Waals surface area contributed by atoms with Crippen LogP contribution >= 0.6 is 22.9 Å². The molecule has 90 valence electrons. The maximum Gasteiger partial charge on any atom is 0.282 e. The van der Waals surface area contributed by atoms with Crippen LogP contribution in [0.1, 0.15) is 22.6 Å². The van der Waals surface area contributed by atoms with E-state index in [1.807, 2.05) is 11.5 Å². The summed E-state index contributed by atoms with van der Waals surface area (Å²) in [4.78, 5) is 11.6. The van der Waals surface area contributed by atoms with Crippen molar-refractivity contribution in [3.05, 3.63) is 21.6 Å². The van der Waals surface area contributed by atoms with Crippen LogP contribution in [0.3, 0.4) is 0 Å². The fourth-order valence-electron chi connectivity index (χ4n) is 1.21. The van der Waals surface area contributed by atoms with Gasteiger partial charge < -0.3 is 9.88 Å². The number of amides is 1. The Morgan fingerprint density at radius 3 is 3.00 bits per heavy atom. The molecular weight excluding hydrogens is 264 g/mol. The van der Waals surface area contributed by atoms with E-state index < -0.39 is 0 Å². The first-order valence-electron chi connectivity index (χ1n) is 4.84. The Morgan fingerprint density at radius 2 is 2.35 bits per heavy atom. The van der Waals surface area contributed by atoms with Crippen LogP contribution in [-0.4, -0.2) is 30.9 Å². The third-order valence-electron chi connectivity index (χ3n) is 2.04. The van der Waals surface area contributed by atoms with Crippen LogP contribution in [-0.2, 0) is 13.1 Å². The summed E-state index contributed by atoms with van der Waals surface area (Å²) in [5, 5.41) is 17.8. The van der Waals surface area contributed by atoms with E-state index >= 15 is 0 Å². The van der Waals surface area contributed by atoms with Crippen molar-refractivity contribution >= 4 is 28.8 Å². The lowest BCUT2D eigenvalue weighted by atomic mass is 10.5. The molecule has 0 atom stereocenters. The smallest absolute Gasteiger partial charge is 0.282 e. The molecule has 9 heteroatoms. The van der Waals surface area contributed by atoms with Crippen molar-refractivity contribution < 1.29 is 4.79 Å². The Kier molecular flexibility index (Phi) is 3.64. The van der Waals surface area contributed by atoms with Gasteiger partial charge in [0, 0.05) is 6.54 Å². The lowest BCUT2D eigenvalue weighted by Gasteiger charge is -2.03. The number of carbonyl (C=O) groups excluding carboxylic acids is 1. The zero-order chi connectivity index (χ0) is 12.3. The maximum absolute atomic E-state index is 11.6. The number of carbonyl (C=O) groups is 1. The summed E-state index contributed by atoms with van der Waals surface area (Å²) in [7, 11) is 0. The summed E-state index contributed by atoms with van der Waals surface area (Å²) >= 11 is 6.62. The van der Waals surface area contributed by atoms with Crippen LogP contribution in [0.5, 0.6) is 0 Å². The Labute approximate surface area is 106 Å². The van der Waals surface area contributed by atoms with Crippen LogP contribution in [0.4, 0.5) is 0 Å². The molecule has 0 fully saturated rings. The molecule has 2 rings (SSSR count). The van der Waals surface area contributed by atoms with E-state index in [9.17, 15) is 4.79 Å². The molecule has 2 heterocycles. The topological polar surface area (TPSA) is 85.6 Å². The first kappa shape index (κ1) is 11.9. The highest BCUT2D eigenvalue weighted by atomic mass is 35.5. The van der Waals surface area contributed by atoms with Gasteiger partial charge in [0.1, 0.15) is 6.33 Å². The quantitative estimate of drug-likeness (QED) is 0.887. The van der Waals surface area contributed by atoms with E-state index in [4.69, 9.17) is 11.6 Å². The lowest BCUT2D eigenvalue weighted by Crippen LogP contribution is -2.24. The van der Waals surface area contributed by atoms with Gasteiger partial charge >= 0.3 is 0 Å². The number of hydrogen-bond donors (Lipinski definition) is 1. The number of rotatable bonds is 4. The van der Waals surface area contributed by atoms with Gasteiger partial charge in [0.25, 0.3) is 5.91 Å². The van der Waals surface area contributed by atoms with Crippen LogP contribution in [0.2, 0.25) is 4.47 Å². The van der Waals surface area contributed by atoms with Crippen LogP contribution < -0.4 is 5.32 Å². The number of aryl methyl sites for hydroxylation is 1. The van der Waals surface area contributed by atoms with E-state index in [1.165, 1.54) is 0 Å². The van der Waals surface area contributed by atoms with E-state index in [1.54, 1.807) is 6.33 Å². The monoisotopic (exact) mass is 272 g/mol. The second-order valence-electron chi connectivity index (χ2n) is 3.08. The molecular formula is C8H9ClN6OS. The van der Waals surface area contributed by atoms with Gasteiger partial charge in [0.15, 0.2) is 5.82 Å². The van der Waals surface area contributed by atoms with E-state index in [0.29, 0.717) is 12.4 Å². The fraction of sp³-hybridized carbons (Fsp3) is 0.375. The average Bonchev–Trinajstić information content (AvgIpc) is 2.94. The molecule has 0 aliphatic rings. The minimum Gasteiger partial charge on any atom is -0.343 e. The first-order valence-corrected chi connectivity index (χ1v) is 6.04. The lowest BCUT2D eigenvalue weighted by molar-refractivity contribution is 0.0948. The Balaban J connectivity index is 1.97. The molecule has 2 aromatic heterocycles. The van der Waals surface area contributed by atoms with Gasteiger partial charge in [-0.1, -0.05) is 11.3 Å². The molecule has 0 radical (unpaired) electrons. The van der Waals surface area contributed by atoms with Crippen molar-refractivity contribution in [3.63, 3.8) is 0 Å². The molecule has 0 unspecified atom stereocenters. The van der Waals surface area contributed by atoms with E-state index in [0.717, 1.165) is 17.9 Å². The van der Waals surface area contributed by atoms with Crippen molar-refractivity contribution in [3.8, 4) is 0 Å². The van der Waals surface area contributed by atoms with Crippen molar-refractivity contribution in [2.24, 2.45) is 0 Å². The van der Waals surface area contributed by atoms with Crippen molar-refractivity contribution in [1.82, 2.24) is 30.3 Å². The number of nitrogens with zero attached hydrogens (tertiary/aromatic N) is 5. The molecule has 0 spiro atoms. The van der Waals surface area contributed by atoms with E-state index in [-0.39, 0.29) is 15.4 Å². The van der Waals surface area contributed by atoms with Gasteiger partial charge in [0.2, 0.25) is 9.47 Å².